The third kappa shape index (κ3) is 5.77. The van der Waals surface area contributed by atoms with Crippen molar-refractivity contribution in [1.82, 2.24) is 4.72 Å². The monoisotopic (exact) mass is 310 g/mol. The van der Waals surface area contributed by atoms with Gasteiger partial charge >= 0.3 is 0 Å². The van der Waals surface area contributed by atoms with Gasteiger partial charge in [0.05, 0.1) is 5.75 Å². The third-order valence-electron chi connectivity index (χ3n) is 4.04. The summed E-state index contributed by atoms with van der Waals surface area (Å²) in [5.74, 6) is 0.0390. The molecule has 0 heterocycles. The fourth-order valence-electron chi connectivity index (χ4n) is 2.94. The SMILES string of the molecule is NCc1cccc(CS(=O)(=O)NC2CCCCCCC2)c1. The number of nitrogens with one attached hydrogen (secondary N) is 1. The average molecular weight is 310 g/mol. The average Bonchev–Trinajstić information content (AvgIpc) is 2.41. The number of rotatable bonds is 5. The second-order valence-electron chi connectivity index (χ2n) is 5.94. The van der Waals surface area contributed by atoms with Crippen LogP contribution in [0.5, 0.6) is 0 Å². The summed E-state index contributed by atoms with van der Waals surface area (Å²) < 4.78 is 27.5. The lowest BCUT2D eigenvalue weighted by molar-refractivity contribution is 0.426. The van der Waals surface area contributed by atoms with E-state index in [1.165, 1.54) is 19.3 Å². The molecule has 0 amide bonds. The summed E-state index contributed by atoms with van der Waals surface area (Å²) >= 11 is 0. The van der Waals surface area contributed by atoms with Crippen molar-refractivity contribution in [2.24, 2.45) is 5.73 Å². The predicted molar refractivity (Wildman–Crippen MR) is 86.2 cm³/mol. The summed E-state index contributed by atoms with van der Waals surface area (Å²) in [4.78, 5) is 0. The lowest BCUT2D eigenvalue weighted by Gasteiger charge is -2.21. The molecule has 4 nitrogen and oxygen atoms in total. The van der Waals surface area contributed by atoms with Crippen molar-refractivity contribution in [3.05, 3.63) is 35.4 Å². The lowest BCUT2D eigenvalue weighted by atomic mass is 9.97. The van der Waals surface area contributed by atoms with Crippen LogP contribution in [-0.4, -0.2) is 14.5 Å². The Labute approximate surface area is 128 Å². The Hall–Kier alpha value is -0.910. The summed E-state index contributed by atoms with van der Waals surface area (Å²) in [5.41, 5.74) is 7.37. The van der Waals surface area contributed by atoms with Crippen LogP contribution in [0.4, 0.5) is 0 Å². The van der Waals surface area contributed by atoms with E-state index in [2.05, 4.69) is 4.72 Å². The van der Waals surface area contributed by atoms with Gasteiger partial charge in [0, 0.05) is 12.6 Å². The van der Waals surface area contributed by atoms with Crippen LogP contribution in [-0.2, 0) is 22.3 Å². The Morgan fingerprint density at radius 1 is 1.05 bits per heavy atom. The predicted octanol–water partition coefficient (Wildman–Crippen LogP) is 2.68. The normalized spacial score (nSPS) is 18.1. The van der Waals surface area contributed by atoms with Crippen LogP contribution in [0, 0.1) is 0 Å². The molecule has 0 unspecified atom stereocenters. The first-order chi connectivity index (χ1) is 10.1. The summed E-state index contributed by atoms with van der Waals surface area (Å²) in [7, 11) is -3.28. The highest BCUT2D eigenvalue weighted by atomic mass is 32.2. The van der Waals surface area contributed by atoms with E-state index in [4.69, 9.17) is 5.73 Å². The van der Waals surface area contributed by atoms with E-state index in [1.54, 1.807) is 0 Å². The Kier molecular flexibility index (Phi) is 6.21. The Morgan fingerprint density at radius 3 is 2.33 bits per heavy atom. The van der Waals surface area contributed by atoms with Crippen molar-refractivity contribution in [3.63, 3.8) is 0 Å². The van der Waals surface area contributed by atoms with Gasteiger partial charge in [0.25, 0.3) is 0 Å². The Bertz CT molecular complexity index is 535. The highest BCUT2D eigenvalue weighted by molar-refractivity contribution is 7.88. The molecule has 1 fully saturated rings. The molecule has 0 atom stereocenters. The van der Waals surface area contributed by atoms with Gasteiger partial charge in [0.1, 0.15) is 0 Å². The minimum absolute atomic E-state index is 0.0390. The summed E-state index contributed by atoms with van der Waals surface area (Å²) in [6.07, 6.45) is 7.88. The zero-order valence-corrected chi connectivity index (χ0v) is 13.4. The van der Waals surface area contributed by atoms with Crippen LogP contribution in [0.3, 0.4) is 0 Å². The maximum atomic E-state index is 12.3. The fraction of sp³-hybridized carbons (Fsp3) is 0.625. The zero-order chi connectivity index (χ0) is 15.1. The first-order valence-corrected chi connectivity index (χ1v) is 9.52. The number of benzene rings is 1. The molecule has 3 N–H and O–H groups in total. The second kappa shape index (κ2) is 7.92. The van der Waals surface area contributed by atoms with Gasteiger partial charge in [-0.15, -0.1) is 0 Å². The highest BCUT2D eigenvalue weighted by Gasteiger charge is 2.19. The minimum Gasteiger partial charge on any atom is -0.326 e. The van der Waals surface area contributed by atoms with Crippen molar-refractivity contribution >= 4 is 10.0 Å². The van der Waals surface area contributed by atoms with Gasteiger partial charge in [0.15, 0.2) is 0 Å². The molecule has 1 aliphatic carbocycles. The van der Waals surface area contributed by atoms with Gasteiger partial charge < -0.3 is 5.73 Å². The molecule has 0 aliphatic heterocycles. The topological polar surface area (TPSA) is 72.2 Å². The third-order valence-corrected chi connectivity index (χ3v) is 5.44. The number of nitrogens with two attached hydrogens (primary N) is 1. The van der Waals surface area contributed by atoms with E-state index in [-0.39, 0.29) is 11.8 Å². The van der Waals surface area contributed by atoms with Crippen molar-refractivity contribution in [2.45, 2.75) is 63.3 Å². The second-order valence-corrected chi connectivity index (χ2v) is 7.70. The molecule has 0 bridgehead atoms. The number of hydrogen-bond acceptors (Lipinski definition) is 3. The molecule has 0 radical (unpaired) electrons. The molecule has 1 aromatic rings. The van der Waals surface area contributed by atoms with Gasteiger partial charge in [-0.2, -0.15) is 0 Å². The van der Waals surface area contributed by atoms with E-state index in [0.717, 1.165) is 36.8 Å². The summed E-state index contributed by atoms with van der Waals surface area (Å²) in [6.45, 7) is 0.434. The van der Waals surface area contributed by atoms with Gasteiger partial charge in [-0.05, 0) is 24.0 Å². The molecular formula is C16H26N2O2S. The van der Waals surface area contributed by atoms with E-state index in [9.17, 15) is 8.42 Å². The first-order valence-electron chi connectivity index (χ1n) is 7.87. The first kappa shape index (κ1) is 16.5. The number of hydrogen-bond donors (Lipinski definition) is 2. The maximum absolute atomic E-state index is 12.3. The van der Waals surface area contributed by atoms with Gasteiger partial charge in [-0.25, -0.2) is 13.1 Å². The van der Waals surface area contributed by atoms with E-state index in [0.29, 0.717) is 6.54 Å². The van der Waals surface area contributed by atoms with E-state index < -0.39 is 10.0 Å². The van der Waals surface area contributed by atoms with Gasteiger partial charge in [0.2, 0.25) is 10.0 Å². The molecule has 0 aromatic heterocycles. The molecule has 118 valence electrons. The minimum atomic E-state index is -3.28. The summed E-state index contributed by atoms with van der Waals surface area (Å²) in [5, 5.41) is 0. The molecule has 1 aliphatic rings. The highest BCUT2D eigenvalue weighted by Crippen LogP contribution is 2.18. The molecule has 1 aromatic carbocycles. The summed E-state index contributed by atoms with van der Waals surface area (Å²) in [6, 6.07) is 7.60. The Morgan fingerprint density at radius 2 is 1.67 bits per heavy atom. The van der Waals surface area contributed by atoms with Crippen LogP contribution in [0.1, 0.15) is 56.1 Å². The van der Waals surface area contributed by atoms with Crippen molar-refractivity contribution in [2.75, 3.05) is 0 Å². The van der Waals surface area contributed by atoms with Gasteiger partial charge in [-0.1, -0.05) is 56.4 Å². The lowest BCUT2D eigenvalue weighted by Crippen LogP contribution is -2.36. The van der Waals surface area contributed by atoms with E-state index >= 15 is 0 Å². The molecule has 2 rings (SSSR count). The van der Waals surface area contributed by atoms with Crippen LogP contribution in [0.25, 0.3) is 0 Å². The molecule has 21 heavy (non-hydrogen) atoms. The van der Waals surface area contributed by atoms with Crippen molar-refractivity contribution < 1.29 is 8.42 Å². The fourth-order valence-corrected chi connectivity index (χ4v) is 4.38. The van der Waals surface area contributed by atoms with Crippen molar-refractivity contribution in [1.29, 1.82) is 0 Å². The quantitative estimate of drug-likeness (QED) is 0.878. The van der Waals surface area contributed by atoms with Crippen LogP contribution in [0.15, 0.2) is 24.3 Å². The molecular weight excluding hydrogens is 284 g/mol. The largest absolute Gasteiger partial charge is 0.326 e. The van der Waals surface area contributed by atoms with Crippen molar-refractivity contribution in [3.8, 4) is 0 Å². The van der Waals surface area contributed by atoms with E-state index in [1.807, 2.05) is 24.3 Å². The molecule has 0 spiro atoms. The Balaban J connectivity index is 1.96. The molecule has 0 saturated heterocycles. The smallest absolute Gasteiger partial charge is 0.216 e. The standard InChI is InChI=1S/C16H26N2O2S/c17-12-14-7-6-8-15(11-14)13-21(19,20)18-16-9-4-2-1-3-5-10-16/h6-8,11,16,18H,1-5,9-10,12-13,17H2. The van der Waals surface area contributed by atoms with Crippen LogP contribution < -0.4 is 10.5 Å². The zero-order valence-electron chi connectivity index (χ0n) is 12.6. The molecule has 1 saturated carbocycles. The van der Waals surface area contributed by atoms with Gasteiger partial charge in [-0.3, -0.25) is 0 Å². The van der Waals surface area contributed by atoms with Crippen LogP contribution in [0.2, 0.25) is 0 Å². The maximum Gasteiger partial charge on any atom is 0.216 e. The number of sulfonamides is 1. The van der Waals surface area contributed by atoms with Crippen LogP contribution >= 0.6 is 0 Å². The molecule has 5 heteroatoms.